The third-order valence-corrected chi connectivity index (χ3v) is 5.80. The first kappa shape index (κ1) is 16.2. The summed E-state index contributed by atoms with van der Waals surface area (Å²) in [5.74, 6) is 0. The standard InChI is InChI=1S/C13H17BrN4O2S/c1-10-7-11(9-15)8-12(13(10)14)21(19,20)17-4-6-18-5-2-3-16-18/h2-3,5,7-8,17H,4,6,9,15H2,1H3. The molecule has 0 amide bonds. The molecule has 2 rings (SSSR count). The van der Waals surface area contributed by atoms with Crippen LogP contribution in [-0.4, -0.2) is 24.7 Å². The van der Waals surface area contributed by atoms with Crippen molar-refractivity contribution in [3.63, 3.8) is 0 Å². The monoisotopic (exact) mass is 372 g/mol. The first-order chi connectivity index (χ1) is 9.94. The highest BCUT2D eigenvalue weighted by atomic mass is 79.9. The lowest BCUT2D eigenvalue weighted by atomic mass is 10.1. The van der Waals surface area contributed by atoms with Crippen molar-refractivity contribution in [3.8, 4) is 0 Å². The highest BCUT2D eigenvalue weighted by Gasteiger charge is 2.19. The van der Waals surface area contributed by atoms with E-state index in [1.165, 1.54) is 0 Å². The van der Waals surface area contributed by atoms with E-state index in [0.717, 1.165) is 11.1 Å². The predicted octanol–water partition coefficient (Wildman–Crippen LogP) is 1.39. The number of rotatable bonds is 6. The zero-order valence-electron chi connectivity index (χ0n) is 11.6. The summed E-state index contributed by atoms with van der Waals surface area (Å²) in [6.45, 7) is 2.87. The molecule has 0 fully saturated rings. The Labute approximate surface area is 132 Å². The molecule has 0 bridgehead atoms. The van der Waals surface area contributed by atoms with E-state index < -0.39 is 10.0 Å². The van der Waals surface area contributed by atoms with E-state index in [1.807, 2.05) is 13.0 Å². The average Bonchev–Trinajstić information content (AvgIpc) is 2.94. The number of aromatic nitrogens is 2. The molecule has 1 heterocycles. The zero-order chi connectivity index (χ0) is 15.5. The Balaban J connectivity index is 2.17. The first-order valence-corrected chi connectivity index (χ1v) is 8.68. The second-order valence-electron chi connectivity index (χ2n) is 4.60. The van der Waals surface area contributed by atoms with Crippen molar-refractivity contribution in [2.75, 3.05) is 6.54 Å². The van der Waals surface area contributed by atoms with Crippen LogP contribution in [0.5, 0.6) is 0 Å². The van der Waals surface area contributed by atoms with E-state index in [-0.39, 0.29) is 11.4 Å². The van der Waals surface area contributed by atoms with Crippen LogP contribution in [0.15, 0.2) is 40.0 Å². The van der Waals surface area contributed by atoms with Gasteiger partial charge in [-0.05, 0) is 46.1 Å². The highest BCUT2D eigenvalue weighted by Crippen LogP contribution is 2.27. The lowest BCUT2D eigenvalue weighted by Crippen LogP contribution is -2.28. The number of nitrogens with two attached hydrogens (primary N) is 1. The smallest absolute Gasteiger partial charge is 0.241 e. The summed E-state index contributed by atoms with van der Waals surface area (Å²) in [5, 5.41) is 4.02. The Morgan fingerprint density at radius 2 is 2.19 bits per heavy atom. The maximum atomic E-state index is 12.4. The molecule has 0 aliphatic carbocycles. The molecule has 21 heavy (non-hydrogen) atoms. The molecule has 0 spiro atoms. The van der Waals surface area contributed by atoms with Crippen LogP contribution in [0.3, 0.4) is 0 Å². The van der Waals surface area contributed by atoms with Gasteiger partial charge in [-0.3, -0.25) is 4.68 Å². The van der Waals surface area contributed by atoms with Gasteiger partial charge in [-0.2, -0.15) is 5.10 Å². The topological polar surface area (TPSA) is 90.0 Å². The fraction of sp³-hybridized carbons (Fsp3) is 0.308. The SMILES string of the molecule is Cc1cc(CN)cc(S(=O)(=O)NCCn2cccn2)c1Br. The van der Waals surface area contributed by atoms with Crippen LogP contribution in [-0.2, 0) is 23.1 Å². The van der Waals surface area contributed by atoms with Crippen molar-refractivity contribution in [1.82, 2.24) is 14.5 Å². The number of nitrogens with zero attached hydrogens (tertiary/aromatic N) is 2. The molecule has 0 atom stereocenters. The molecule has 0 aliphatic heterocycles. The fourth-order valence-corrected chi connectivity index (χ4v) is 4.01. The van der Waals surface area contributed by atoms with Gasteiger partial charge in [0.2, 0.25) is 10.0 Å². The van der Waals surface area contributed by atoms with Crippen molar-refractivity contribution in [1.29, 1.82) is 0 Å². The molecule has 1 aromatic heterocycles. The molecule has 3 N–H and O–H groups in total. The molecule has 6 nitrogen and oxygen atoms in total. The van der Waals surface area contributed by atoms with Crippen LogP contribution in [0.1, 0.15) is 11.1 Å². The minimum Gasteiger partial charge on any atom is -0.326 e. The van der Waals surface area contributed by atoms with Crippen LogP contribution in [0.4, 0.5) is 0 Å². The van der Waals surface area contributed by atoms with Gasteiger partial charge in [0.25, 0.3) is 0 Å². The van der Waals surface area contributed by atoms with Gasteiger partial charge in [-0.15, -0.1) is 0 Å². The second kappa shape index (κ2) is 6.69. The minimum absolute atomic E-state index is 0.211. The van der Waals surface area contributed by atoms with Crippen LogP contribution in [0.25, 0.3) is 0 Å². The van der Waals surface area contributed by atoms with Crippen molar-refractivity contribution in [3.05, 3.63) is 46.2 Å². The van der Waals surface area contributed by atoms with Gasteiger partial charge in [0.15, 0.2) is 0 Å². The third-order valence-electron chi connectivity index (χ3n) is 3.00. The number of sulfonamides is 1. The Hall–Kier alpha value is -1.22. The minimum atomic E-state index is -3.59. The van der Waals surface area contributed by atoms with E-state index in [4.69, 9.17) is 5.73 Å². The molecular formula is C13H17BrN4O2S. The molecule has 0 radical (unpaired) electrons. The summed E-state index contributed by atoms with van der Waals surface area (Å²) in [4.78, 5) is 0.211. The first-order valence-electron chi connectivity index (χ1n) is 6.40. The van der Waals surface area contributed by atoms with E-state index in [9.17, 15) is 8.42 Å². The molecule has 8 heteroatoms. The summed E-state index contributed by atoms with van der Waals surface area (Å²) in [6.07, 6.45) is 3.43. The highest BCUT2D eigenvalue weighted by molar-refractivity contribution is 9.10. The van der Waals surface area contributed by atoms with Gasteiger partial charge in [0.1, 0.15) is 0 Å². The predicted molar refractivity (Wildman–Crippen MR) is 84.2 cm³/mol. The van der Waals surface area contributed by atoms with Crippen LogP contribution < -0.4 is 10.5 Å². The number of halogens is 1. The van der Waals surface area contributed by atoms with E-state index in [1.54, 1.807) is 29.2 Å². The van der Waals surface area contributed by atoms with E-state index in [2.05, 4.69) is 25.8 Å². The van der Waals surface area contributed by atoms with Gasteiger partial charge >= 0.3 is 0 Å². The van der Waals surface area contributed by atoms with Crippen molar-refractivity contribution < 1.29 is 8.42 Å². The largest absolute Gasteiger partial charge is 0.326 e. The lowest BCUT2D eigenvalue weighted by Gasteiger charge is -2.12. The molecule has 114 valence electrons. The molecule has 0 unspecified atom stereocenters. The van der Waals surface area contributed by atoms with Gasteiger partial charge in [-0.25, -0.2) is 13.1 Å². The maximum absolute atomic E-state index is 12.4. The fourth-order valence-electron chi connectivity index (χ4n) is 1.93. The number of hydrogen-bond donors (Lipinski definition) is 2. The van der Waals surface area contributed by atoms with Gasteiger partial charge < -0.3 is 5.73 Å². The average molecular weight is 373 g/mol. The lowest BCUT2D eigenvalue weighted by molar-refractivity contribution is 0.560. The van der Waals surface area contributed by atoms with E-state index in [0.29, 0.717) is 17.6 Å². The summed E-state index contributed by atoms with van der Waals surface area (Å²) in [7, 11) is -3.59. The quantitative estimate of drug-likeness (QED) is 0.801. The van der Waals surface area contributed by atoms with Gasteiger partial charge in [0.05, 0.1) is 11.4 Å². The van der Waals surface area contributed by atoms with Crippen molar-refractivity contribution in [2.45, 2.75) is 24.9 Å². The Morgan fingerprint density at radius 3 is 2.81 bits per heavy atom. The second-order valence-corrected chi connectivity index (χ2v) is 7.12. The summed E-state index contributed by atoms with van der Waals surface area (Å²) >= 11 is 3.33. The number of aryl methyl sites for hydroxylation is 1. The van der Waals surface area contributed by atoms with Gasteiger partial charge in [-0.1, -0.05) is 6.07 Å². The van der Waals surface area contributed by atoms with Crippen LogP contribution in [0, 0.1) is 6.92 Å². The van der Waals surface area contributed by atoms with Crippen LogP contribution >= 0.6 is 15.9 Å². The molecular weight excluding hydrogens is 356 g/mol. The maximum Gasteiger partial charge on any atom is 0.241 e. The number of benzene rings is 1. The Kier molecular flexibility index (Phi) is 5.15. The molecule has 0 saturated heterocycles. The van der Waals surface area contributed by atoms with Gasteiger partial charge in [0, 0.05) is 30.0 Å². The Morgan fingerprint density at radius 1 is 1.43 bits per heavy atom. The van der Waals surface area contributed by atoms with E-state index >= 15 is 0 Å². The zero-order valence-corrected chi connectivity index (χ0v) is 14.0. The summed E-state index contributed by atoms with van der Waals surface area (Å²) < 4.78 is 29.6. The third kappa shape index (κ3) is 3.91. The number of hydrogen-bond acceptors (Lipinski definition) is 4. The molecule has 2 aromatic rings. The van der Waals surface area contributed by atoms with Crippen LogP contribution in [0.2, 0.25) is 0 Å². The molecule has 0 saturated carbocycles. The van der Waals surface area contributed by atoms with Crippen molar-refractivity contribution in [2.24, 2.45) is 5.73 Å². The normalized spacial score (nSPS) is 11.8. The van der Waals surface area contributed by atoms with Crippen molar-refractivity contribution >= 4 is 26.0 Å². The number of nitrogens with one attached hydrogen (secondary N) is 1. The molecule has 0 aliphatic rings. The Bertz CT molecular complexity index is 714. The summed E-state index contributed by atoms with van der Waals surface area (Å²) in [5.41, 5.74) is 7.22. The molecule has 1 aromatic carbocycles. The summed E-state index contributed by atoms with van der Waals surface area (Å²) in [6, 6.07) is 5.25.